The maximum atomic E-state index is 13.2. The summed E-state index contributed by atoms with van der Waals surface area (Å²) in [5, 5.41) is 3.58. The molecule has 0 saturated carbocycles. The van der Waals surface area contributed by atoms with Crippen LogP contribution in [0, 0.1) is 17.8 Å². The second-order valence-electron chi connectivity index (χ2n) is 13.8. The minimum Gasteiger partial charge on any atom is -0.344 e. The molecule has 0 radical (unpaired) electrons. The van der Waals surface area contributed by atoms with Gasteiger partial charge in [-0.1, -0.05) is 45.9 Å². The van der Waals surface area contributed by atoms with Gasteiger partial charge in [0.1, 0.15) is 11.6 Å². The number of likely N-dealkylation sites (tertiary alicyclic amines) is 1. The van der Waals surface area contributed by atoms with E-state index in [-0.39, 0.29) is 17.9 Å². The van der Waals surface area contributed by atoms with Crippen molar-refractivity contribution in [2.75, 3.05) is 13.1 Å². The Hall–Kier alpha value is -3.49. The van der Waals surface area contributed by atoms with Crippen LogP contribution in [0.25, 0.3) is 23.4 Å². The Morgan fingerprint density at radius 1 is 1.00 bits per heavy atom. The van der Waals surface area contributed by atoms with E-state index >= 15 is 0 Å². The number of rotatable bonds is 6. The Morgan fingerprint density at radius 2 is 1.81 bits per heavy atom. The molecule has 1 amide bonds. The number of nitrogens with zero attached hydrogens (tertiary/aromatic N) is 3. The number of imidazole rings is 2. The van der Waals surface area contributed by atoms with E-state index in [2.05, 4.69) is 59.5 Å². The number of allylic oxidation sites excluding steroid dienone is 2. The first-order chi connectivity index (χ1) is 20.7. The van der Waals surface area contributed by atoms with Crippen LogP contribution in [0.3, 0.4) is 0 Å². The molecule has 0 bridgehead atoms. The van der Waals surface area contributed by atoms with Crippen molar-refractivity contribution in [3.8, 4) is 11.3 Å². The zero-order valence-corrected chi connectivity index (χ0v) is 25.9. The summed E-state index contributed by atoms with van der Waals surface area (Å²) in [5.41, 5.74) is 16.3. The lowest BCUT2D eigenvalue weighted by Crippen LogP contribution is -2.46. The van der Waals surface area contributed by atoms with Crippen molar-refractivity contribution in [3.05, 3.63) is 69.7 Å². The molecule has 43 heavy (non-hydrogen) atoms. The zero-order valence-electron chi connectivity index (χ0n) is 25.9. The third-order valence-corrected chi connectivity index (χ3v) is 10.0. The van der Waals surface area contributed by atoms with Crippen LogP contribution in [0.4, 0.5) is 0 Å². The molecule has 2 aromatic heterocycles. The number of nitrogens with two attached hydrogens (primary N) is 1. The number of amides is 1. The Labute approximate surface area is 254 Å². The first kappa shape index (κ1) is 28.3. The SMILES string of the molecule is CC1CNC(c2ncc(-c3ccc4c(c3)CCC(C3=Cc5nc(C6CC(C)CN6C(=O)C(N)C(C)C)[nH]c5CC3)=C4)[nH]2)C1. The molecule has 2 fully saturated rings. The summed E-state index contributed by atoms with van der Waals surface area (Å²) < 4.78 is 0. The first-order valence-corrected chi connectivity index (χ1v) is 16.2. The van der Waals surface area contributed by atoms with Crippen molar-refractivity contribution < 1.29 is 4.79 Å². The smallest absolute Gasteiger partial charge is 0.240 e. The number of aromatic nitrogens is 4. The molecule has 5 atom stereocenters. The van der Waals surface area contributed by atoms with Crippen molar-refractivity contribution in [3.63, 3.8) is 0 Å². The second kappa shape index (κ2) is 11.2. The number of hydrogen-bond acceptors (Lipinski definition) is 5. The van der Waals surface area contributed by atoms with Gasteiger partial charge in [-0.2, -0.15) is 0 Å². The van der Waals surface area contributed by atoms with Gasteiger partial charge in [-0.05, 0) is 103 Å². The van der Waals surface area contributed by atoms with E-state index in [0.29, 0.717) is 17.9 Å². The molecular formula is C35H45N7O. The van der Waals surface area contributed by atoms with E-state index in [4.69, 9.17) is 15.7 Å². The Kier molecular flexibility index (Phi) is 7.38. The van der Waals surface area contributed by atoms with Gasteiger partial charge in [0.2, 0.25) is 5.91 Å². The van der Waals surface area contributed by atoms with Crippen LogP contribution in [0.15, 0.2) is 35.5 Å². The third-order valence-electron chi connectivity index (χ3n) is 10.0. The van der Waals surface area contributed by atoms with E-state index in [9.17, 15) is 4.79 Å². The van der Waals surface area contributed by atoms with Gasteiger partial charge in [0, 0.05) is 12.2 Å². The predicted octanol–water partition coefficient (Wildman–Crippen LogP) is 5.72. The lowest BCUT2D eigenvalue weighted by atomic mass is 9.84. The molecule has 2 saturated heterocycles. The maximum Gasteiger partial charge on any atom is 0.240 e. The van der Waals surface area contributed by atoms with E-state index in [1.807, 2.05) is 24.9 Å². The van der Waals surface area contributed by atoms with Crippen molar-refractivity contribution in [1.82, 2.24) is 30.2 Å². The van der Waals surface area contributed by atoms with Gasteiger partial charge in [-0.15, -0.1) is 0 Å². The molecule has 0 spiro atoms. The fourth-order valence-corrected chi connectivity index (χ4v) is 7.38. The number of carbonyl (C=O) groups is 1. The average molecular weight is 580 g/mol. The van der Waals surface area contributed by atoms with E-state index in [0.717, 1.165) is 74.7 Å². The standard InChI is InChI=1S/C35H45N7O/c1-19(2)32(36)35(43)42-18-21(4)12-31(42)34-39-27-10-9-25(15-28(27)40-34)23-5-6-24-14-26(8-7-22(24)13-23)30-17-38-33(41-30)29-11-20(3)16-37-29/h7-8,13-15,17,19-21,29,31-32,37H,5-6,9-12,16,18,36H2,1-4H3,(H,38,41)(H,39,40). The summed E-state index contributed by atoms with van der Waals surface area (Å²) >= 11 is 0. The van der Waals surface area contributed by atoms with Gasteiger partial charge >= 0.3 is 0 Å². The zero-order chi connectivity index (χ0) is 29.8. The average Bonchev–Trinajstić information content (AvgIpc) is 3.81. The van der Waals surface area contributed by atoms with Crippen molar-refractivity contribution in [1.29, 1.82) is 0 Å². The molecule has 5 unspecified atom stereocenters. The van der Waals surface area contributed by atoms with Gasteiger partial charge in [0.05, 0.1) is 35.7 Å². The molecule has 7 rings (SSSR count). The second-order valence-corrected chi connectivity index (χ2v) is 13.8. The number of nitrogens with one attached hydrogen (secondary N) is 3. The Balaban J connectivity index is 1.09. The lowest BCUT2D eigenvalue weighted by molar-refractivity contribution is -0.134. The molecule has 8 nitrogen and oxygen atoms in total. The highest BCUT2D eigenvalue weighted by atomic mass is 16.2. The third kappa shape index (κ3) is 5.40. The van der Waals surface area contributed by atoms with Gasteiger partial charge < -0.3 is 25.9 Å². The van der Waals surface area contributed by atoms with Crippen molar-refractivity contribution in [2.24, 2.45) is 23.5 Å². The number of aryl methyl sites for hydroxylation is 2. The molecule has 3 aromatic rings. The highest BCUT2D eigenvalue weighted by Gasteiger charge is 2.39. The van der Waals surface area contributed by atoms with Crippen LogP contribution < -0.4 is 11.1 Å². The number of hydrogen-bond donors (Lipinski definition) is 4. The summed E-state index contributed by atoms with van der Waals surface area (Å²) in [5.74, 6) is 3.23. The molecule has 2 aliphatic heterocycles. The fraction of sp³-hybridized carbons (Fsp3) is 0.514. The normalized spacial score (nSPS) is 25.9. The summed E-state index contributed by atoms with van der Waals surface area (Å²) in [7, 11) is 0. The first-order valence-electron chi connectivity index (χ1n) is 16.2. The van der Waals surface area contributed by atoms with Crippen LogP contribution in [0.5, 0.6) is 0 Å². The van der Waals surface area contributed by atoms with E-state index in [1.54, 1.807) is 0 Å². The Bertz CT molecular complexity index is 1590. The number of carbonyl (C=O) groups excluding carboxylic acids is 1. The van der Waals surface area contributed by atoms with E-state index < -0.39 is 6.04 Å². The minimum absolute atomic E-state index is 0.0336. The topological polar surface area (TPSA) is 116 Å². The van der Waals surface area contributed by atoms with Crippen LogP contribution in [-0.2, 0) is 17.6 Å². The van der Waals surface area contributed by atoms with Crippen molar-refractivity contribution in [2.45, 2.75) is 84.3 Å². The highest BCUT2D eigenvalue weighted by Crippen LogP contribution is 2.39. The molecule has 8 heteroatoms. The quantitative estimate of drug-likeness (QED) is 0.298. The van der Waals surface area contributed by atoms with Crippen LogP contribution in [0.1, 0.15) is 99.6 Å². The molecular weight excluding hydrogens is 534 g/mol. The van der Waals surface area contributed by atoms with E-state index in [1.165, 1.54) is 33.5 Å². The number of fused-ring (bicyclic) bond motifs is 2. The largest absolute Gasteiger partial charge is 0.344 e. The van der Waals surface area contributed by atoms with Gasteiger partial charge in [0.15, 0.2) is 0 Å². The highest BCUT2D eigenvalue weighted by molar-refractivity contribution is 5.82. The number of H-pyrrole nitrogens is 2. The number of benzene rings is 1. The molecule has 4 aliphatic rings. The van der Waals surface area contributed by atoms with Crippen LogP contribution in [-0.4, -0.2) is 49.9 Å². The van der Waals surface area contributed by atoms with Gasteiger partial charge in [-0.25, -0.2) is 9.97 Å². The van der Waals surface area contributed by atoms with Crippen LogP contribution in [0.2, 0.25) is 0 Å². The summed E-state index contributed by atoms with van der Waals surface area (Å²) in [4.78, 5) is 32.1. The summed E-state index contributed by atoms with van der Waals surface area (Å²) in [6, 6.07) is 6.63. The molecule has 2 aliphatic carbocycles. The molecule has 4 heterocycles. The van der Waals surface area contributed by atoms with Gasteiger partial charge in [0.25, 0.3) is 0 Å². The number of aromatic amines is 2. The monoisotopic (exact) mass is 579 g/mol. The molecule has 1 aromatic carbocycles. The maximum absolute atomic E-state index is 13.2. The minimum atomic E-state index is -0.476. The van der Waals surface area contributed by atoms with Crippen LogP contribution >= 0.6 is 0 Å². The van der Waals surface area contributed by atoms with Gasteiger partial charge in [-0.3, -0.25) is 4.79 Å². The summed E-state index contributed by atoms with van der Waals surface area (Å²) in [6.45, 7) is 10.3. The Morgan fingerprint density at radius 3 is 2.60 bits per heavy atom. The molecule has 226 valence electrons. The van der Waals surface area contributed by atoms with Crippen molar-refractivity contribution >= 4 is 18.1 Å². The molecule has 5 N–H and O–H groups in total. The fourth-order valence-electron chi connectivity index (χ4n) is 7.38. The predicted molar refractivity (Wildman–Crippen MR) is 171 cm³/mol. The summed E-state index contributed by atoms with van der Waals surface area (Å²) in [6.07, 6.45) is 12.7. The lowest BCUT2D eigenvalue weighted by Gasteiger charge is -2.27.